The van der Waals surface area contributed by atoms with Gasteiger partial charge in [0.25, 0.3) is 5.56 Å². The normalized spacial score (nSPS) is 10.7. The molecule has 102 valence electrons. The van der Waals surface area contributed by atoms with Gasteiger partial charge in [-0.15, -0.1) is 0 Å². The highest BCUT2D eigenvalue weighted by Gasteiger charge is 2.06. The standard InChI is InChI=1S/C13H17N3O3/c1-3-15(2)10-6-13(18)16(14-7-10)8-11-4-5-12(9-17)19-11/h4-7,17H,3,8-9H2,1-2H3. The molecule has 2 aromatic heterocycles. The van der Waals surface area contributed by atoms with E-state index in [0.717, 1.165) is 12.2 Å². The van der Waals surface area contributed by atoms with Gasteiger partial charge in [0.1, 0.15) is 24.7 Å². The SMILES string of the molecule is CCN(C)c1cnn(Cc2ccc(CO)o2)c(=O)c1. The van der Waals surface area contributed by atoms with Crippen molar-refractivity contribution in [3.05, 3.63) is 46.3 Å². The van der Waals surface area contributed by atoms with E-state index in [4.69, 9.17) is 9.52 Å². The fourth-order valence-electron chi connectivity index (χ4n) is 1.67. The number of aliphatic hydroxyl groups is 1. The summed E-state index contributed by atoms with van der Waals surface area (Å²) in [5, 5.41) is 13.0. The van der Waals surface area contributed by atoms with Crippen LogP contribution in [0.3, 0.4) is 0 Å². The number of aromatic nitrogens is 2. The molecule has 0 amide bonds. The number of nitrogens with zero attached hydrogens (tertiary/aromatic N) is 3. The van der Waals surface area contributed by atoms with E-state index in [9.17, 15) is 4.79 Å². The fraction of sp³-hybridized carbons (Fsp3) is 0.385. The highest BCUT2D eigenvalue weighted by Crippen LogP contribution is 2.09. The van der Waals surface area contributed by atoms with Crippen molar-refractivity contribution in [3.63, 3.8) is 0 Å². The molecule has 0 unspecified atom stereocenters. The predicted octanol–water partition coefficient (Wildman–Crippen LogP) is 0.833. The molecule has 0 aromatic carbocycles. The first kappa shape index (κ1) is 13.4. The molecule has 0 radical (unpaired) electrons. The van der Waals surface area contributed by atoms with Crippen LogP contribution in [0.2, 0.25) is 0 Å². The monoisotopic (exact) mass is 263 g/mol. The summed E-state index contributed by atoms with van der Waals surface area (Å²) in [4.78, 5) is 13.9. The maximum Gasteiger partial charge on any atom is 0.269 e. The largest absolute Gasteiger partial charge is 0.462 e. The molecule has 0 aliphatic rings. The maximum atomic E-state index is 11.9. The van der Waals surface area contributed by atoms with Gasteiger partial charge in [-0.1, -0.05) is 0 Å². The van der Waals surface area contributed by atoms with Gasteiger partial charge >= 0.3 is 0 Å². The average molecular weight is 263 g/mol. The average Bonchev–Trinajstić information content (AvgIpc) is 2.88. The van der Waals surface area contributed by atoms with E-state index in [-0.39, 0.29) is 18.7 Å². The van der Waals surface area contributed by atoms with Crippen LogP contribution < -0.4 is 10.5 Å². The number of aliphatic hydroxyl groups excluding tert-OH is 1. The van der Waals surface area contributed by atoms with Crippen molar-refractivity contribution in [2.45, 2.75) is 20.1 Å². The lowest BCUT2D eigenvalue weighted by atomic mass is 10.4. The van der Waals surface area contributed by atoms with Crippen LogP contribution in [0.25, 0.3) is 0 Å². The molecule has 2 rings (SSSR count). The van der Waals surface area contributed by atoms with Gasteiger partial charge in [0, 0.05) is 19.7 Å². The summed E-state index contributed by atoms with van der Waals surface area (Å²) in [5.41, 5.74) is 0.610. The Balaban J connectivity index is 2.19. The second-order valence-electron chi connectivity index (χ2n) is 4.25. The lowest BCUT2D eigenvalue weighted by Gasteiger charge is -2.16. The highest BCUT2D eigenvalue weighted by molar-refractivity contribution is 5.41. The first-order valence-electron chi connectivity index (χ1n) is 6.10. The molecule has 0 aliphatic heterocycles. The molecule has 0 saturated heterocycles. The fourth-order valence-corrected chi connectivity index (χ4v) is 1.67. The summed E-state index contributed by atoms with van der Waals surface area (Å²) in [7, 11) is 1.90. The molecule has 0 atom stereocenters. The van der Waals surface area contributed by atoms with Gasteiger partial charge in [-0.25, -0.2) is 4.68 Å². The lowest BCUT2D eigenvalue weighted by Crippen LogP contribution is -2.25. The Morgan fingerprint density at radius 2 is 2.16 bits per heavy atom. The number of hydrogen-bond donors (Lipinski definition) is 1. The van der Waals surface area contributed by atoms with Crippen molar-refractivity contribution in [2.75, 3.05) is 18.5 Å². The minimum absolute atomic E-state index is 0.150. The third-order valence-corrected chi connectivity index (χ3v) is 2.95. The molecule has 0 saturated carbocycles. The zero-order valence-corrected chi connectivity index (χ0v) is 11.0. The number of hydrogen-bond acceptors (Lipinski definition) is 5. The summed E-state index contributed by atoms with van der Waals surface area (Å²) in [6.45, 7) is 2.92. The second kappa shape index (κ2) is 5.71. The topological polar surface area (TPSA) is 71.5 Å². The zero-order valence-electron chi connectivity index (χ0n) is 11.0. The molecular weight excluding hydrogens is 246 g/mol. The molecule has 0 spiro atoms. The summed E-state index contributed by atoms with van der Waals surface area (Å²) >= 11 is 0. The van der Waals surface area contributed by atoms with Crippen LogP contribution >= 0.6 is 0 Å². The first-order valence-corrected chi connectivity index (χ1v) is 6.10. The van der Waals surface area contributed by atoms with Crippen LogP contribution in [-0.4, -0.2) is 28.5 Å². The Morgan fingerprint density at radius 1 is 1.42 bits per heavy atom. The van der Waals surface area contributed by atoms with Crippen molar-refractivity contribution in [1.29, 1.82) is 0 Å². The zero-order chi connectivity index (χ0) is 13.8. The Labute approximate surface area is 110 Å². The van der Waals surface area contributed by atoms with Crippen molar-refractivity contribution in [2.24, 2.45) is 0 Å². The molecule has 1 N–H and O–H groups in total. The van der Waals surface area contributed by atoms with Gasteiger partial charge in [0.05, 0.1) is 11.9 Å². The van der Waals surface area contributed by atoms with Crippen LogP contribution in [0.5, 0.6) is 0 Å². The maximum absolute atomic E-state index is 11.9. The van der Waals surface area contributed by atoms with Crippen LogP contribution in [0.4, 0.5) is 5.69 Å². The molecule has 6 nitrogen and oxygen atoms in total. The van der Waals surface area contributed by atoms with Gasteiger partial charge < -0.3 is 14.4 Å². The van der Waals surface area contributed by atoms with E-state index in [1.54, 1.807) is 24.4 Å². The van der Waals surface area contributed by atoms with Crippen LogP contribution in [-0.2, 0) is 13.2 Å². The number of rotatable bonds is 5. The number of furan rings is 1. The summed E-state index contributed by atoms with van der Waals surface area (Å²) in [5.74, 6) is 1.07. The van der Waals surface area contributed by atoms with Crippen molar-refractivity contribution in [3.8, 4) is 0 Å². The van der Waals surface area contributed by atoms with Crippen LogP contribution in [0.15, 0.2) is 33.6 Å². The Hall–Kier alpha value is -2.08. The van der Waals surface area contributed by atoms with E-state index in [0.29, 0.717) is 11.5 Å². The smallest absolute Gasteiger partial charge is 0.269 e. The van der Waals surface area contributed by atoms with Crippen molar-refractivity contribution in [1.82, 2.24) is 9.78 Å². The molecule has 0 fully saturated rings. The molecule has 0 aliphatic carbocycles. The van der Waals surface area contributed by atoms with E-state index >= 15 is 0 Å². The quantitative estimate of drug-likeness (QED) is 0.865. The minimum Gasteiger partial charge on any atom is -0.462 e. The van der Waals surface area contributed by atoms with Gasteiger partial charge in [-0.3, -0.25) is 4.79 Å². The third-order valence-electron chi connectivity index (χ3n) is 2.95. The van der Waals surface area contributed by atoms with Gasteiger partial charge in [-0.2, -0.15) is 5.10 Å². The highest BCUT2D eigenvalue weighted by atomic mass is 16.4. The molecular formula is C13H17N3O3. The van der Waals surface area contributed by atoms with Gasteiger partial charge in [0.2, 0.25) is 0 Å². The summed E-state index contributed by atoms with van der Waals surface area (Å²) in [6.07, 6.45) is 1.65. The van der Waals surface area contributed by atoms with Crippen LogP contribution in [0, 0.1) is 0 Å². The minimum atomic E-state index is -0.181. The van der Waals surface area contributed by atoms with E-state index in [1.165, 1.54) is 4.68 Å². The van der Waals surface area contributed by atoms with Crippen molar-refractivity contribution < 1.29 is 9.52 Å². The summed E-state index contributed by atoms with van der Waals surface area (Å²) in [6, 6.07) is 4.96. The van der Waals surface area contributed by atoms with Crippen LogP contribution in [0.1, 0.15) is 18.4 Å². The first-order chi connectivity index (χ1) is 9.13. The van der Waals surface area contributed by atoms with E-state index in [1.807, 2.05) is 18.9 Å². The Bertz CT molecular complexity index is 603. The number of anilines is 1. The van der Waals surface area contributed by atoms with Gasteiger partial charge in [0.15, 0.2) is 0 Å². The Morgan fingerprint density at radius 3 is 2.74 bits per heavy atom. The molecule has 6 heteroatoms. The van der Waals surface area contributed by atoms with Crippen molar-refractivity contribution >= 4 is 5.69 Å². The molecule has 2 aromatic rings. The second-order valence-corrected chi connectivity index (χ2v) is 4.25. The third kappa shape index (κ3) is 3.03. The molecule has 2 heterocycles. The lowest BCUT2D eigenvalue weighted by molar-refractivity contribution is 0.242. The van der Waals surface area contributed by atoms with E-state index < -0.39 is 0 Å². The van der Waals surface area contributed by atoms with Gasteiger partial charge in [-0.05, 0) is 19.1 Å². The summed E-state index contributed by atoms with van der Waals surface area (Å²) < 4.78 is 6.66. The Kier molecular flexibility index (Phi) is 4.01. The van der Waals surface area contributed by atoms with E-state index in [2.05, 4.69) is 5.10 Å². The predicted molar refractivity (Wildman–Crippen MR) is 71.2 cm³/mol. The molecule has 19 heavy (non-hydrogen) atoms. The molecule has 0 bridgehead atoms.